The molecule has 0 aliphatic rings. The van der Waals surface area contributed by atoms with Crippen molar-refractivity contribution in [2.45, 2.75) is 27.2 Å². The van der Waals surface area contributed by atoms with E-state index in [-0.39, 0.29) is 5.91 Å². The Morgan fingerprint density at radius 2 is 1.84 bits per heavy atom. The van der Waals surface area contributed by atoms with E-state index in [1.54, 1.807) is 4.90 Å². The van der Waals surface area contributed by atoms with Gasteiger partial charge in [-0.3, -0.25) is 4.79 Å². The fourth-order valence-corrected chi connectivity index (χ4v) is 2.65. The van der Waals surface area contributed by atoms with Crippen molar-refractivity contribution in [1.29, 1.82) is 0 Å². The average Bonchev–Trinajstić information content (AvgIpc) is 2.85. The Hall–Kier alpha value is -0.720. The van der Waals surface area contributed by atoms with Gasteiger partial charge < -0.3 is 9.80 Å². The van der Waals surface area contributed by atoms with Gasteiger partial charge in [-0.2, -0.15) is 0 Å². The molecule has 0 saturated carbocycles. The molecule has 1 heterocycles. The van der Waals surface area contributed by atoms with Crippen molar-refractivity contribution in [3.05, 3.63) is 9.47 Å². The highest BCUT2D eigenvalue weighted by Crippen LogP contribution is 2.16. The molecule has 0 aliphatic heterocycles. The molecule has 1 amide bonds. The van der Waals surface area contributed by atoms with Crippen LogP contribution in [0.4, 0.5) is 0 Å². The van der Waals surface area contributed by atoms with Gasteiger partial charge in [0.05, 0.1) is 0 Å². The normalized spacial score (nSPS) is 11.0. The van der Waals surface area contributed by atoms with Crippen LogP contribution in [0.15, 0.2) is 0 Å². The van der Waals surface area contributed by atoms with E-state index in [1.165, 1.54) is 0 Å². The van der Waals surface area contributed by atoms with Crippen LogP contribution in [-0.4, -0.2) is 58.6 Å². The molecule has 0 saturated heterocycles. The fraction of sp³-hybridized carbons (Fsp3) is 0.750. The molecular weight excluding hydrogens is 284 g/mol. The average molecular weight is 305 g/mol. The molecule has 0 N–H and O–H groups in total. The number of hydrogen-bond donors (Lipinski definition) is 0. The molecule has 0 atom stereocenters. The molecular formula is C12H21ClN4OS. The van der Waals surface area contributed by atoms with Crippen LogP contribution in [0.3, 0.4) is 0 Å². The summed E-state index contributed by atoms with van der Waals surface area (Å²) in [4.78, 5) is 16.3. The van der Waals surface area contributed by atoms with Gasteiger partial charge in [-0.15, -0.1) is 10.2 Å². The minimum Gasteiger partial charge on any atom is -0.337 e. The molecule has 5 nitrogen and oxygen atoms in total. The lowest BCUT2D eigenvalue weighted by atomic mass is 10.3. The first-order valence-electron chi connectivity index (χ1n) is 6.62. The number of nitrogens with zero attached hydrogens (tertiary/aromatic N) is 4. The summed E-state index contributed by atoms with van der Waals surface area (Å²) in [6.45, 7) is 10.8. The van der Waals surface area contributed by atoms with Crippen LogP contribution in [0.5, 0.6) is 0 Å². The van der Waals surface area contributed by atoms with Gasteiger partial charge in [-0.1, -0.05) is 25.2 Å². The van der Waals surface area contributed by atoms with Crippen molar-refractivity contribution in [1.82, 2.24) is 20.0 Å². The van der Waals surface area contributed by atoms with Gasteiger partial charge in [0.1, 0.15) is 0 Å². The van der Waals surface area contributed by atoms with Gasteiger partial charge in [0.2, 0.25) is 9.47 Å². The Bertz CT molecular complexity index is 395. The number of rotatable bonds is 8. The van der Waals surface area contributed by atoms with E-state index in [4.69, 9.17) is 11.6 Å². The molecule has 7 heteroatoms. The lowest BCUT2D eigenvalue weighted by molar-refractivity contribution is 0.0756. The fourth-order valence-electron chi connectivity index (χ4n) is 1.86. The summed E-state index contributed by atoms with van der Waals surface area (Å²) < 4.78 is 0.308. The van der Waals surface area contributed by atoms with Gasteiger partial charge in [0.25, 0.3) is 5.91 Å². The molecule has 0 aliphatic carbocycles. The molecule has 0 radical (unpaired) electrons. The third kappa shape index (κ3) is 5.04. The van der Waals surface area contributed by atoms with E-state index in [2.05, 4.69) is 28.9 Å². The Balaban J connectivity index is 2.47. The first kappa shape index (κ1) is 16.3. The Morgan fingerprint density at radius 3 is 2.32 bits per heavy atom. The van der Waals surface area contributed by atoms with E-state index >= 15 is 0 Å². The van der Waals surface area contributed by atoms with Crippen molar-refractivity contribution >= 4 is 28.8 Å². The SMILES string of the molecule is CCN(CC)CCCN(CC)C(=O)c1nnc(Cl)s1. The Labute approximate surface area is 123 Å². The van der Waals surface area contributed by atoms with E-state index < -0.39 is 0 Å². The van der Waals surface area contributed by atoms with Crippen molar-refractivity contribution < 1.29 is 4.79 Å². The molecule has 1 rings (SSSR count). The van der Waals surface area contributed by atoms with Gasteiger partial charge in [-0.25, -0.2) is 0 Å². The minimum atomic E-state index is -0.0774. The highest BCUT2D eigenvalue weighted by Gasteiger charge is 2.18. The van der Waals surface area contributed by atoms with Crippen LogP contribution in [0.1, 0.15) is 37.0 Å². The minimum absolute atomic E-state index is 0.0774. The van der Waals surface area contributed by atoms with Crippen molar-refractivity contribution in [3.63, 3.8) is 0 Å². The first-order chi connectivity index (χ1) is 9.12. The number of carbonyl (C=O) groups is 1. The van der Waals surface area contributed by atoms with E-state index in [0.717, 1.165) is 43.9 Å². The van der Waals surface area contributed by atoms with Crippen molar-refractivity contribution in [3.8, 4) is 0 Å². The molecule has 0 fully saturated rings. The van der Waals surface area contributed by atoms with Crippen molar-refractivity contribution in [2.24, 2.45) is 0 Å². The maximum Gasteiger partial charge on any atom is 0.284 e. The zero-order chi connectivity index (χ0) is 14.3. The molecule has 19 heavy (non-hydrogen) atoms. The molecule has 1 aromatic heterocycles. The van der Waals surface area contributed by atoms with Crippen LogP contribution in [0.25, 0.3) is 0 Å². The number of amides is 1. The van der Waals surface area contributed by atoms with Crippen LogP contribution in [0.2, 0.25) is 4.47 Å². The van der Waals surface area contributed by atoms with E-state index in [9.17, 15) is 4.79 Å². The summed E-state index contributed by atoms with van der Waals surface area (Å²) in [6.07, 6.45) is 0.966. The largest absolute Gasteiger partial charge is 0.337 e. The maximum atomic E-state index is 12.2. The second kappa shape index (κ2) is 8.45. The van der Waals surface area contributed by atoms with Gasteiger partial charge >= 0.3 is 0 Å². The zero-order valence-electron chi connectivity index (χ0n) is 11.7. The summed E-state index contributed by atoms with van der Waals surface area (Å²) in [5.41, 5.74) is 0. The van der Waals surface area contributed by atoms with E-state index in [1.807, 2.05) is 6.92 Å². The smallest absolute Gasteiger partial charge is 0.284 e. The summed E-state index contributed by atoms with van der Waals surface area (Å²) in [5.74, 6) is -0.0774. The summed E-state index contributed by atoms with van der Waals surface area (Å²) in [5, 5.41) is 7.83. The third-order valence-corrected chi connectivity index (χ3v) is 4.06. The lowest BCUT2D eigenvalue weighted by Gasteiger charge is -2.22. The molecule has 0 bridgehead atoms. The number of hydrogen-bond acceptors (Lipinski definition) is 5. The van der Waals surface area contributed by atoms with E-state index in [0.29, 0.717) is 16.0 Å². The summed E-state index contributed by atoms with van der Waals surface area (Å²) >= 11 is 6.83. The lowest BCUT2D eigenvalue weighted by Crippen LogP contribution is -2.34. The van der Waals surface area contributed by atoms with Crippen LogP contribution in [0, 0.1) is 0 Å². The number of aromatic nitrogens is 2. The second-order valence-electron chi connectivity index (χ2n) is 4.13. The Kier molecular flexibility index (Phi) is 7.27. The monoisotopic (exact) mass is 304 g/mol. The molecule has 0 aromatic carbocycles. The topological polar surface area (TPSA) is 49.3 Å². The molecule has 108 valence electrons. The van der Waals surface area contributed by atoms with Gasteiger partial charge in [-0.05, 0) is 44.6 Å². The molecule has 0 unspecified atom stereocenters. The number of halogens is 1. The van der Waals surface area contributed by atoms with Crippen LogP contribution < -0.4 is 0 Å². The standard InChI is InChI=1S/C12H21ClN4OS/c1-4-16(5-2)8-7-9-17(6-3)11(18)10-14-15-12(13)19-10/h4-9H2,1-3H3. The first-order valence-corrected chi connectivity index (χ1v) is 7.82. The van der Waals surface area contributed by atoms with Crippen LogP contribution in [-0.2, 0) is 0 Å². The highest BCUT2D eigenvalue weighted by atomic mass is 35.5. The second-order valence-corrected chi connectivity index (χ2v) is 5.69. The number of carbonyl (C=O) groups excluding carboxylic acids is 1. The zero-order valence-corrected chi connectivity index (χ0v) is 13.3. The Morgan fingerprint density at radius 1 is 1.16 bits per heavy atom. The van der Waals surface area contributed by atoms with Crippen molar-refractivity contribution in [2.75, 3.05) is 32.7 Å². The summed E-state index contributed by atoms with van der Waals surface area (Å²) in [7, 11) is 0. The maximum absolute atomic E-state index is 12.2. The molecule has 0 spiro atoms. The highest BCUT2D eigenvalue weighted by molar-refractivity contribution is 7.17. The summed E-state index contributed by atoms with van der Waals surface area (Å²) in [6, 6.07) is 0. The van der Waals surface area contributed by atoms with Gasteiger partial charge in [0, 0.05) is 13.1 Å². The van der Waals surface area contributed by atoms with Gasteiger partial charge in [0.15, 0.2) is 0 Å². The predicted octanol–water partition coefficient (Wildman–Crippen LogP) is 2.39. The third-order valence-electron chi connectivity index (χ3n) is 3.05. The molecule has 1 aromatic rings. The quantitative estimate of drug-likeness (QED) is 0.740. The predicted molar refractivity (Wildman–Crippen MR) is 78.9 cm³/mol. The van der Waals surface area contributed by atoms with Crippen LogP contribution >= 0.6 is 22.9 Å².